The van der Waals surface area contributed by atoms with Crippen LogP contribution in [0.3, 0.4) is 0 Å². The van der Waals surface area contributed by atoms with Gasteiger partial charge < -0.3 is 9.63 Å². The summed E-state index contributed by atoms with van der Waals surface area (Å²) >= 11 is 1.78. The Balaban J connectivity index is 2.09. The molecule has 2 aromatic heterocycles. The maximum absolute atomic E-state index is 9.63. The zero-order valence-corrected chi connectivity index (χ0v) is 11.1. The number of hydrogen-bond donors (Lipinski definition) is 1. The zero-order chi connectivity index (χ0) is 13.0. The molecule has 0 aromatic carbocycles. The summed E-state index contributed by atoms with van der Waals surface area (Å²) in [7, 11) is 0. The Hall–Kier alpha value is -1.56. The average Bonchev–Trinajstić information content (AvgIpc) is 2.85. The standard InChI is InChI=1S/C12H15N3O2S/c1-3-8(2)18-7-11-14-12(17-15-11)9-4-5-13-6-10(9)16/h4-6,8,16H,3,7H2,1-2H3. The van der Waals surface area contributed by atoms with E-state index in [2.05, 4.69) is 29.0 Å². The molecule has 6 heteroatoms. The van der Waals surface area contributed by atoms with Gasteiger partial charge in [-0.2, -0.15) is 16.7 Å². The molecule has 2 rings (SSSR count). The number of aromatic hydroxyl groups is 1. The molecule has 0 spiro atoms. The minimum absolute atomic E-state index is 0.0438. The Morgan fingerprint density at radius 3 is 3.06 bits per heavy atom. The molecular formula is C12H15N3O2S. The third kappa shape index (κ3) is 3.01. The van der Waals surface area contributed by atoms with Gasteiger partial charge in [0.1, 0.15) is 5.75 Å². The number of thioether (sulfide) groups is 1. The van der Waals surface area contributed by atoms with Crippen LogP contribution in [0.1, 0.15) is 26.1 Å². The van der Waals surface area contributed by atoms with Crippen LogP contribution in [0.25, 0.3) is 11.5 Å². The quantitative estimate of drug-likeness (QED) is 0.896. The van der Waals surface area contributed by atoms with Crippen molar-refractivity contribution in [2.24, 2.45) is 0 Å². The Morgan fingerprint density at radius 2 is 2.33 bits per heavy atom. The molecule has 0 fully saturated rings. The maximum Gasteiger partial charge on any atom is 0.261 e. The molecule has 5 nitrogen and oxygen atoms in total. The maximum atomic E-state index is 9.63. The minimum atomic E-state index is 0.0438. The van der Waals surface area contributed by atoms with Crippen molar-refractivity contribution in [2.75, 3.05) is 0 Å². The highest BCUT2D eigenvalue weighted by molar-refractivity contribution is 7.99. The third-order valence-electron chi connectivity index (χ3n) is 2.57. The highest BCUT2D eigenvalue weighted by atomic mass is 32.2. The minimum Gasteiger partial charge on any atom is -0.505 e. The van der Waals surface area contributed by atoms with Gasteiger partial charge in [0.25, 0.3) is 5.89 Å². The van der Waals surface area contributed by atoms with Crippen molar-refractivity contribution in [1.82, 2.24) is 15.1 Å². The molecular weight excluding hydrogens is 250 g/mol. The van der Waals surface area contributed by atoms with Crippen LogP contribution in [0.2, 0.25) is 0 Å². The summed E-state index contributed by atoms with van der Waals surface area (Å²) < 4.78 is 5.14. The molecule has 1 atom stereocenters. The van der Waals surface area contributed by atoms with E-state index in [0.717, 1.165) is 6.42 Å². The molecule has 96 valence electrons. The lowest BCUT2D eigenvalue weighted by Gasteiger charge is -2.04. The van der Waals surface area contributed by atoms with Gasteiger partial charge in [-0.3, -0.25) is 4.98 Å². The third-order valence-corrected chi connectivity index (χ3v) is 3.90. The van der Waals surface area contributed by atoms with Crippen molar-refractivity contribution < 1.29 is 9.63 Å². The summed E-state index contributed by atoms with van der Waals surface area (Å²) in [5, 5.41) is 14.1. The SMILES string of the molecule is CCC(C)SCc1noc(-c2ccncc2O)n1. The lowest BCUT2D eigenvalue weighted by atomic mass is 10.2. The van der Waals surface area contributed by atoms with Crippen LogP contribution in [0.4, 0.5) is 0 Å². The van der Waals surface area contributed by atoms with E-state index in [1.165, 1.54) is 6.20 Å². The predicted octanol–water partition coefficient (Wildman–Crippen LogP) is 2.87. The van der Waals surface area contributed by atoms with Gasteiger partial charge in [0.15, 0.2) is 5.82 Å². The van der Waals surface area contributed by atoms with Crippen LogP contribution >= 0.6 is 11.8 Å². The summed E-state index contributed by atoms with van der Waals surface area (Å²) in [4.78, 5) is 8.07. The van der Waals surface area contributed by atoms with Gasteiger partial charge >= 0.3 is 0 Å². The fraction of sp³-hybridized carbons (Fsp3) is 0.417. The summed E-state index contributed by atoms with van der Waals surface area (Å²) in [5.41, 5.74) is 0.511. The van der Waals surface area contributed by atoms with Gasteiger partial charge in [-0.05, 0) is 12.5 Å². The molecule has 2 heterocycles. The smallest absolute Gasteiger partial charge is 0.261 e. The number of rotatable bonds is 5. The van der Waals surface area contributed by atoms with Crippen LogP contribution in [0.15, 0.2) is 23.0 Å². The predicted molar refractivity (Wildman–Crippen MR) is 70.2 cm³/mol. The van der Waals surface area contributed by atoms with Gasteiger partial charge in [0.2, 0.25) is 0 Å². The highest BCUT2D eigenvalue weighted by Crippen LogP contribution is 2.27. The molecule has 18 heavy (non-hydrogen) atoms. The highest BCUT2D eigenvalue weighted by Gasteiger charge is 2.13. The summed E-state index contributed by atoms with van der Waals surface area (Å²) in [5.74, 6) is 1.73. The second kappa shape index (κ2) is 5.86. The number of nitrogens with zero attached hydrogens (tertiary/aromatic N) is 3. The molecule has 0 aliphatic heterocycles. The fourth-order valence-electron chi connectivity index (χ4n) is 1.32. The van der Waals surface area contributed by atoms with Crippen LogP contribution < -0.4 is 0 Å². The van der Waals surface area contributed by atoms with Gasteiger partial charge in [-0.1, -0.05) is 19.0 Å². The van der Waals surface area contributed by atoms with Crippen molar-refractivity contribution in [1.29, 1.82) is 0 Å². The zero-order valence-electron chi connectivity index (χ0n) is 10.3. The molecule has 2 aromatic rings. The second-order valence-electron chi connectivity index (χ2n) is 3.94. The Kier molecular flexibility index (Phi) is 4.19. The first kappa shape index (κ1) is 12.9. The first-order valence-electron chi connectivity index (χ1n) is 5.78. The Labute approximate surface area is 110 Å². The number of aromatic nitrogens is 3. The van der Waals surface area contributed by atoms with E-state index in [1.807, 2.05) is 0 Å². The first-order chi connectivity index (χ1) is 8.70. The van der Waals surface area contributed by atoms with Crippen LogP contribution in [-0.2, 0) is 5.75 Å². The van der Waals surface area contributed by atoms with Crippen molar-refractivity contribution in [3.8, 4) is 17.2 Å². The summed E-state index contributed by atoms with van der Waals surface area (Å²) in [6.45, 7) is 4.31. The Morgan fingerprint density at radius 1 is 1.50 bits per heavy atom. The first-order valence-corrected chi connectivity index (χ1v) is 6.83. The van der Waals surface area contributed by atoms with E-state index in [-0.39, 0.29) is 5.75 Å². The normalized spacial score (nSPS) is 12.6. The molecule has 0 saturated carbocycles. The average molecular weight is 265 g/mol. The lowest BCUT2D eigenvalue weighted by Crippen LogP contribution is -1.94. The van der Waals surface area contributed by atoms with E-state index >= 15 is 0 Å². The van der Waals surface area contributed by atoms with E-state index < -0.39 is 0 Å². The Bertz CT molecular complexity index is 516. The number of pyridine rings is 1. The largest absolute Gasteiger partial charge is 0.505 e. The molecule has 0 aliphatic rings. The van der Waals surface area contributed by atoms with Gasteiger partial charge in [0.05, 0.1) is 17.5 Å². The fourth-order valence-corrected chi connectivity index (χ4v) is 2.11. The van der Waals surface area contributed by atoms with E-state index in [4.69, 9.17) is 4.52 Å². The van der Waals surface area contributed by atoms with Crippen LogP contribution in [0.5, 0.6) is 5.75 Å². The molecule has 0 bridgehead atoms. The van der Waals surface area contributed by atoms with Crippen molar-refractivity contribution >= 4 is 11.8 Å². The molecule has 0 saturated heterocycles. The van der Waals surface area contributed by atoms with Gasteiger partial charge in [0, 0.05) is 11.4 Å². The molecule has 1 unspecified atom stereocenters. The monoisotopic (exact) mass is 265 g/mol. The van der Waals surface area contributed by atoms with Gasteiger partial charge in [-0.25, -0.2) is 0 Å². The van der Waals surface area contributed by atoms with Crippen molar-refractivity contribution in [3.63, 3.8) is 0 Å². The van der Waals surface area contributed by atoms with Gasteiger partial charge in [-0.15, -0.1) is 0 Å². The number of hydrogen-bond acceptors (Lipinski definition) is 6. The molecule has 1 N–H and O–H groups in total. The topological polar surface area (TPSA) is 72.0 Å². The van der Waals surface area contributed by atoms with E-state index in [9.17, 15) is 5.11 Å². The van der Waals surface area contributed by atoms with Crippen LogP contribution in [-0.4, -0.2) is 25.5 Å². The molecule has 0 radical (unpaired) electrons. The molecule has 0 aliphatic carbocycles. The van der Waals surface area contributed by atoms with Crippen molar-refractivity contribution in [2.45, 2.75) is 31.3 Å². The lowest BCUT2D eigenvalue weighted by molar-refractivity contribution is 0.419. The van der Waals surface area contributed by atoms with Crippen molar-refractivity contribution in [3.05, 3.63) is 24.3 Å². The second-order valence-corrected chi connectivity index (χ2v) is 5.37. The summed E-state index contributed by atoms with van der Waals surface area (Å²) in [6, 6.07) is 1.65. The van der Waals surface area contributed by atoms with Crippen LogP contribution in [0, 0.1) is 0 Å². The molecule has 0 amide bonds. The van der Waals surface area contributed by atoms with E-state index in [0.29, 0.717) is 28.3 Å². The summed E-state index contributed by atoms with van der Waals surface area (Å²) in [6.07, 6.45) is 4.04. The van der Waals surface area contributed by atoms with E-state index in [1.54, 1.807) is 24.0 Å².